The molecule has 3 heteroatoms. The zero-order valence-corrected chi connectivity index (χ0v) is 13.9. The summed E-state index contributed by atoms with van der Waals surface area (Å²) in [5, 5.41) is 0. The van der Waals surface area contributed by atoms with Crippen LogP contribution in [0, 0.1) is 5.92 Å². The first kappa shape index (κ1) is 16.9. The smallest absolute Gasteiger partial charge is 0.0600 e. The van der Waals surface area contributed by atoms with E-state index in [0.29, 0.717) is 6.04 Å². The first-order valence-corrected chi connectivity index (χ1v) is 7.84. The number of hydrogen-bond acceptors (Lipinski definition) is 3. The minimum Gasteiger partial charge on any atom is -0.375 e. The minimum absolute atomic E-state index is 0.0105. The summed E-state index contributed by atoms with van der Waals surface area (Å²) in [6.07, 6.45) is 2.70. The van der Waals surface area contributed by atoms with E-state index in [0.717, 1.165) is 19.1 Å². The number of rotatable bonds is 6. The number of likely N-dealkylation sites (tertiary alicyclic amines) is 1. The lowest BCUT2D eigenvalue weighted by molar-refractivity contribution is -0.0127. The van der Waals surface area contributed by atoms with Crippen molar-refractivity contribution in [3.05, 3.63) is 0 Å². The van der Waals surface area contributed by atoms with Gasteiger partial charge in [0.05, 0.1) is 12.2 Å². The lowest BCUT2D eigenvalue weighted by Crippen LogP contribution is -2.41. The molecule has 1 aliphatic rings. The third-order valence-corrected chi connectivity index (χ3v) is 3.96. The molecule has 1 saturated heterocycles. The van der Waals surface area contributed by atoms with Gasteiger partial charge in [-0.15, -0.1) is 0 Å². The summed E-state index contributed by atoms with van der Waals surface area (Å²) in [4.78, 5) is 5.03. The molecule has 0 amide bonds. The second-order valence-corrected chi connectivity index (χ2v) is 7.30. The molecular weight excluding hydrogens is 236 g/mol. The molecule has 0 aromatic rings. The second-order valence-electron chi connectivity index (χ2n) is 7.30. The quantitative estimate of drug-likeness (QED) is 0.738. The van der Waals surface area contributed by atoms with E-state index in [1.165, 1.54) is 32.5 Å². The molecule has 114 valence electrons. The van der Waals surface area contributed by atoms with E-state index in [2.05, 4.69) is 51.5 Å². The van der Waals surface area contributed by atoms with Crippen molar-refractivity contribution in [1.29, 1.82) is 0 Å². The third-order valence-electron chi connectivity index (χ3n) is 3.96. The van der Waals surface area contributed by atoms with Gasteiger partial charge in [-0.05, 0) is 73.5 Å². The minimum atomic E-state index is -0.0105. The Morgan fingerprint density at radius 3 is 2.26 bits per heavy atom. The summed E-state index contributed by atoms with van der Waals surface area (Å²) in [6, 6.07) is 0.707. The standard InChI is InChI=1S/C16H34N2O/c1-14(2)18-9-7-15(8-10-18)13-17(6)11-12-19-16(3,4)5/h14-15H,7-13H2,1-6H3. The van der Waals surface area contributed by atoms with Crippen LogP contribution in [0.2, 0.25) is 0 Å². The fraction of sp³-hybridized carbons (Fsp3) is 1.00. The maximum absolute atomic E-state index is 5.79. The molecule has 0 N–H and O–H groups in total. The Labute approximate surface area is 120 Å². The molecule has 0 radical (unpaired) electrons. The van der Waals surface area contributed by atoms with E-state index in [9.17, 15) is 0 Å². The van der Waals surface area contributed by atoms with Crippen LogP contribution in [-0.2, 0) is 4.74 Å². The fourth-order valence-corrected chi connectivity index (χ4v) is 2.69. The SMILES string of the molecule is CC(C)N1CCC(CN(C)CCOC(C)(C)C)CC1. The molecule has 0 unspecified atom stereocenters. The molecule has 3 nitrogen and oxygen atoms in total. The van der Waals surface area contributed by atoms with Gasteiger partial charge in [0.25, 0.3) is 0 Å². The van der Waals surface area contributed by atoms with Crippen LogP contribution >= 0.6 is 0 Å². The number of likely N-dealkylation sites (N-methyl/N-ethyl adjacent to an activating group) is 1. The summed E-state index contributed by atoms with van der Waals surface area (Å²) < 4.78 is 5.79. The van der Waals surface area contributed by atoms with Crippen molar-refractivity contribution in [3.63, 3.8) is 0 Å². The molecule has 0 spiro atoms. The molecule has 19 heavy (non-hydrogen) atoms. The monoisotopic (exact) mass is 270 g/mol. The van der Waals surface area contributed by atoms with Crippen LogP contribution in [0.15, 0.2) is 0 Å². The van der Waals surface area contributed by atoms with Crippen LogP contribution in [0.4, 0.5) is 0 Å². The van der Waals surface area contributed by atoms with Crippen molar-refractivity contribution in [2.24, 2.45) is 5.92 Å². The molecule has 0 bridgehead atoms. The van der Waals surface area contributed by atoms with Gasteiger partial charge in [-0.25, -0.2) is 0 Å². The van der Waals surface area contributed by atoms with E-state index in [1.807, 2.05) is 0 Å². The third kappa shape index (κ3) is 7.28. The van der Waals surface area contributed by atoms with Crippen molar-refractivity contribution in [3.8, 4) is 0 Å². The first-order chi connectivity index (χ1) is 8.78. The summed E-state index contributed by atoms with van der Waals surface area (Å²) >= 11 is 0. The molecule has 0 aromatic carbocycles. The lowest BCUT2D eigenvalue weighted by atomic mass is 9.95. The second kappa shape index (κ2) is 7.61. The molecule has 0 aliphatic carbocycles. The topological polar surface area (TPSA) is 15.7 Å². The van der Waals surface area contributed by atoms with Gasteiger partial charge in [0, 0.05) is 19.1 Å². The average molecular weight is 270 g/mol. The Balaban J connectivity index is 2.15. The van der Waals surface area contributed by atoms with Crippen molar-refractivity contribution in [2.75, 3.05) is 39.8 Å². The van der Waals surface area contributed by atoms with E-state index in [1.54, 1.807) is 0 Å². The predicted molar refractivity (Wildman–Crippen MR) is 82.6 cm³/mol. The van der Waals surface area contributed by atoms with Gasteiger partial charge in [-0.2, -0.15) is 0 Å². The van der Waals surface area contributed by atoms with E-state index < -0.39 is 0 Å². The van der Waals surface area contributed by atoms with Gasteiger partial charge in [-0.3, -0.25) is 0 Å². The zero-order valence-electron chi connectivity index (χ0n) is 13.9. The molecule has 0 aromatic heterocycles. The maximum atomic E-state index is 5.79. The highest BCUT2D eigenvalue weighted by molar-refractivity contribution is 4.76. The maximum Gasteiger partial charge on any atom is 0.0600 e. The van der Waals surface area contributed by atoms with Gasteiger partial charge in [0.1, 0.15) is 0 Å². The Bertz CT molecular complexity index is 240. The number of piperidine rings is 1. The van der Waals surface area contributed by atoms with E-state index in [-0.39, 0.29) is 5.60 Å². The van der Waals surface area contributed by atoms with Crippen LogP contribution in [0.1, 0.15) is 47.5 Å². The molecule has 0 saturated carbocycles. The van der Waals surface area contributed by atoms with Crippen LogP contribution in [0.25, 0.3) is 0 Å². The highest BCUT2D eigenvalue weighted by Gasteiger charge is 2.21. The number of hydrogen-bond donors (Lipinski definition) is 0. The molecule has 1 heterocycles. The van der Waals surface area contributed by atoms with Gasteiger partial charge in [0.15, 0.2) is 0 Å². The van der Waals surface area contributed by atoms with Crippen LogP contribution < -0.4 is 0 Å². The van der Waals surface area contributed by atoms with E-state index in [4.69, 9.17) is 4.74 Å². The predicted octanol–water partition coefficient (Wildman–Crippen LogP) is 2.85. The number of nitrogens with zero attached hydrogens (tertiary/aromatic N) is 2. The van der Waals surface area contributed by atoms with Gasteiger partial charge in [-0.1, -0.05) is 0 Å². The normalized spacial score (nSPS) is 19.6. The largest absolute Gasteiger partial charge is 0.375 e. The summed E-state index contributed by atoms with van der Waals surface area (Å²) in [5.41, 5.74) is -0.0105. The Morgan fingerprint density at radius 1 is 1.21 bits per heavy atom. The highest BCUT2D eigenvalue weighted by Crippen LogP contribution is 2.19. The summed E-state index contributed by atoms with van der Waals surface area (Å²) in [5.74, 6) is 0.870. The van der Waals surface area contributed by atoms with Crippen molar-refractivity contribution in [1.82, 2.24) is 9.80 Å². The highest BCUT2D eigenvalue weighted by atomic mass is 16.5. The average Bonchev–Trinajstić information content (AvgIpc) is 2.27. The Morgan fingerprint density at radius 2 is 1.79 bits per heavy atom. The molecule has 0 atom stereocenters. The van der Waals surface area contributed by atoms with E-state index >= 15 is 0 Å². The van der Waals surface area contributed by atoms with Crippen LogP contribution in [0.5, 0.6) is 0 Å². The molecule has 1 rings (SSSR count). The van der Waals surface area contributed by atoms with Gasteiger partial charge in [0.2, 0.25) is 0 Å². The molecular formula is C16H34N2O. The molecule has 1 fully saturated rings. The zero-order chi connectivity index (χ0) is 14.5. The van der Waals surface area contributed by atoms with Crippen molar-refractivity contribution >= 4 is 0 Å². The fourth-order valence-electron chi connectivity index (χ4n) is 2.69. The van der Waals surface area contributed by atoms with Crippen LogP contribution in [0.3, 0.4) is 0 Å². The summed E-state index contributed by atoms with van der Waals surface area (Å²) in [7, 11) is 2.22. The number of ether oxygens (including phenoxy) is 1. The molecule has 1 aliphatic heterocycles. The van der Waals surface area contributed by atoms with Crippen molar-refractivity contribution in [2.45, 2.75) is 59.1 Å². The Kier molecular flexibility index (Phi) is 6.78. The van der Waals surface area contributed by atoms with Gasteiger partial charge < -0.3 is 14.5 Å². The summed E-state index contributed by atoms with van der Waals surface area (Å²) in [6.45, 7) is 16.6. The van der Waals surface area contributed by atoms with Crippen molar-refractivity contribution < 1.29 is 4.74 Å². The van der Waals surface area contributed by atoms with Crippen LogP contribution in [-0.4, -0.2) is 61.3 Å². The lowest BCUT2D eigenvalue weighted by Gasteiger charge is -2.36. The first-order valence-electron chi connectivity index (χ1n) is 7.84. The Hall–Kier alpha value is -0.120. The van der Waals surface area contributed by atoms with Gasteiger partial charge >= 0.3 is 0 Å².